The van der Waals surface area contributed by atoms with E-state index in [2.05, 4.69) is 4.98 Å². The van der Waals surface area contributed by atoms with Crippen LogP contribution >= 0.6 is 0 Å². The van der Waals surface area contributed by atoms with E-state index in [1.807, 2.05) is 0 Å². The molecule has 2 rings (SSSR count). The van der Waals surface area contributed by atoms with Crippen molar-refractivity contribution in [3.8, 4) is 6.07 Å². The fourth-order valence-corrected chi connectivity index (χ4v) is 2.69. The lowest BCUT2D eigenvalue weighted by molar-refractivity contribution is -0.148. The largest absolute Gasteiger partial charge is 0.509 e. The van der Waals surface area contributed by atoms with E-state index in [0.29, 0.717) is 0 Å². The number of aliphatic hydroxyl groups excluding tert-OH is 2. The van der Waals surface area contributed by atoms with Gasteiger partial charge in [0.15, 0.2) is 5.54 Å². The molecular weight excluding hydrogens is 362 g/mol. The van der Waals surface area contributed by atoms with E-state index in [1.54, 1.807) is 6.07 Å². The Morgan fingerprint density at radius 1 is 1.56 bits per heavy atom. The summed E-state index contributed by atoms with van der Waals surface area (Å²) in [6, 6.07) is 1.62. The molecule has 0 radical (unpaired) electrons. The van der Waals surface area contributed by atoms with Crippen molar-refractivity contribution in [3.63, 3.8) is 0 Å². The maximum atomic E-state index is 12.1. The van der Waals surface area contributed by atoms with E-state index in [-0.39, 0.29) is 17.8 Å². The highest BCUT2D eigenvalue weighted by atomic mass is 16.5. The highest BCUT2D eigenvalue weighted by Crippen LogP contribution is 2.39. The van der Waals surface area contributed by atoms with Crippen molar-refractivity contribution < 1.29 is 29.6 Å². The number of rotatable bonds is 6. The Labute approximate surface area is 151 Å². The molecule has 0 saturated carbocycles. The zero-order valence-corrected chi connectivity index (χ0v) is 13.9. The van der Waals surface area contributed by atoms with E-state index >= 15 is 0 Å². The molecule has 1 heterocycles. The summed E-state index contributed by atoms with van der Waals surface area (Å²) in [5.74, 6) is -3.06. The van der Waals surface area contributed by atoms with E-state index in [4.69, 9.17) is 21.3 Å². The molecule has 0 aromatic carbocycles. The monoisotopic (exact) mass is 379 g/mol. The third kappa shape index (κ3) is 3.73. The van der Waals surface area contributed by atoms with Crippen molar-refractivity contribution in [2.24, 2.45) is 5.73 Å². The Kier molecular flexibility index (Phi) is 5.48. The van der Waals surface area contributed by atoms with Crippen LogP contribution < -0.4 is 17.2 Å². The Balaban J connectivity index is 2.22. The lowest BCUT2D eigenvalue weighted by atomic mass is 9.94. The number of carboxylic acid groups (broad SMARTS) is 1. The van der Waals surface area contributed by atoms with Crippen molar-refractivity contribution >= 4 is 17.8 Å². The van der Waals surface area contributed by atoms with Gasteiger partial charge in [0.1, 0.15) is 30.3 Å². The first-order chi connectivity index (χ1) is 12.6. The van der Waals surface area contributed by atoms with Crippen molar-refractivity contribution in [3.05, 3.63) is 34.1 Å². The van der Waals surface area contributed by atoms with Crippen LogP contribution in [0, 0.1) is 11.3 Å². The maximum absolute atomic E-state index is 12.1. The number of nitrogens with zero attached hydrogens (tertiary/aromatic N) is 3. The van der Waals surface area contributed by atoms with Crippen molar-refractivity contribution in [1.29, 1.82) is 5.26 Å². The minimum Gasteiger partial charge on any atom is -0.509 e. The highest BCUT2D eigenvalue weighted by Gasteiger charge is 2.50. The summed E-state index contributed by atoms with van der Waals surface area (Å²) in [6.07, 6.45) is -1.63. The van der Waals surface area contributed by atoms with Gasteiger partial charge in [-0.15, -0.1) is 0 Å². The number of hydrogen-bond acceptors (Lipinski definition) is 10. The van der Waals surface area contributed by atoms with Crippen LogP contribution in [0.3, 0.4) is 0 Å². The second kappa shape index (κ2) is 7.44. The number of carbonyl (C=O) groups is 2. The fourth-order valence-electron chi connectivity index (χ4n) is 2.69. The smallest absolute Gasteiger partial charge is 0.350 e. The normalized spacial score (nSPS) is 22.9. The molecule has 0 spiro atoms. The Bertz CT molecular complexity index is 903. The Morgan fingerprint density at radius 2 is 2.22 bits per heavy atom. The number of anilines is 1. The molecule has 7 N–H and O–H groups in total. The molecule has 12 nitrogen and oxygen atoms in total. The number of aromatic nitrogens is 2. The summed E-state index contributed by atoms with van der Waals surface area (Å²) < 4.78 is 5.67. The van der Waals surface area contributed by atoms with Gasteiger partial charge in [0.25, 0.3) is 0 Å². The van der Waals surface area contributed by atoms with Crippen LogP contribution in [0.2, 0.25) is 0 Å². The van der Waals surface area contributed by atoms with Gasteiger partial charge in [-0.25, -0.2) is 4.79 Å². The summed E-state index contributed by atoms with van der Waals surface area (Å²) in [5.41, 5.74) is 7.92. The van der Waals surface area contributed by atoms with Gasteiger partial charge in [-0.3, -0.25) is 14.2 Å². The summed E-state index contributed by atoms with van der Waals surface area (Å²) in [4.78, 5) is 37.8. The number of carboxylic acids is 1. The average Bonchev–Trinajstić information content (AvgIpc) is 2.84. The number of nitrogen functional groups attached to an aromatic ring is 1. The zero-order chi connectivity index (χ0) is 20.4. The number of aliphatic carboxylic acids is 1. The number of aliphatic hydroxyl groups is 2. The first-order valence-electron chi connectivity index (χ1n) is 7.62. The Hall–Kier alpha value is -3.43. The summed E-state index contributed by atoms with van der Waals surface area (Å²) in [5, 5.41) is 38.6. The van der Waals surface area contributed by atoms with Gasteiger partial charge in [0.05, 0.1) is 12.5 Å². The topological polar surface area (TPSA) is 215 Å². The SMILES string of the molecule is N#C[C@@]1(n2ccc(N)nc2=O)CC(COC(=O)[C@@H](N)CC(=O)O)=C(O)C1O. The van der Waals surface area contributed by atoms with Gasteiger partial charge < -0.3 is 31.5 Å². The van der Waals surface area contributed by atoms with Gasteiger partial charge in [-0.05, 0) is 6.07 Å². The molecule has 0 saturated heterocycles. The number of nitrogens with two attached hydrogens (primary N) is 2. The van der Waals surface area contributed by atoms with E-state index in [9.17, 15) is 29.9 Å². The quantitative estimate of drug-likeness (QED) is 0.339. The first kappa shape index (κ1) is 19.9. The van der Waals surface area contributed by atoms with E-state index in [1.165, 1.54) is 6.07 Å². The van der Waals surface area contributed by atoms with E-state index < -0.39 is 54.1 Å². The molecular formula is C15H17N5O7. The Morgan fingerprint density at radius 3 is 2.78 bits per heavy atom. The van der Waals surface area contributed by atoms with Crippen LogP contribution in [0.4, 0.5) is 5.82 Å². The summed E-state index contributed by atoms with van der Waals surface area (Å²) >= 11 is 0. The summed E-state index contributed by atoms with van der Waals surface area (Å²) in [7, 11) is 0. The third-order valence-electron chi connectivity index (χ3n) is 4.09. The molecule has 1 aliphatic carbocycles. The molecule has 12 heteroatoms. The number of ether oxygens (including phenoxy) is 1. The maximum Gasteiger partial charge on any atom is 0.350 e. The predicted molar refractivity (Wildman–Crippen MR) is 88.0 cm³/mol. The molecule has 1 aromatic heterocycles. The van der Waals surface area contributed by atoms with Gasteiger partial charge in [-0.1, -0.05) is 0 Å². The molecule has 27 heavy (non-hydrogen) atoms. The highest BCUT2D eigenvalue weighted by molar-refractivity contribution is 5.81. The minimum atomic E-state index is -1.91. The minimum absolute atomic E-state index is 0.0244. The van der Waals surface area contributed by atoms with Gasteiger partial charge in [-0.2, -0.15) is 10.2 Å². The van der Waals surface area contributed by atoms with Crippen molar-refractivity contribution in [1.82, 2.24) is 9.55 Å². The van der Waals surface area contributed by atoms with Gasteiger partial charge in [0.2, 0.25) is 0 Å². The molecule has 3 atom stereocenters. The van der Waals surface area contributed by atoms with Crippen molar-refractivity contribution in [2.45, 2.75) is 30.5 Å². The van der Waals surface area contributed by atoms with Crippen LogP contribution in [-0.4, -0.2) is 55.6 Å². The second-order valence-corrected chi connectivity index (χ2v) is 5.92. The standard InChI is InChI=1S/C15H17N5O7/c16-6-15(20-2-1-9(18)19-14(20)26)4-7(11(23)12(15)24)5-27-13(25)8(17)3-10(21)22/h1-2,8,12,23-24H,3-5,17H2,(H,21,22)(H2,18,19,26)/t8-,12?,15-/m0/s1. The molecule has 0 bridgehead atoms. The fraction of sp³-hybridized carbons (Fsp3) is 0.400. The molecule has 1 aliphatic rings. The average molecular weight is 379 g/mol. The van der Waals surface area contributed by atoms with Crippen LogP contribution in [0.15, 0.2) is 28.4 Å². The van der Waals surface area contributed by atoms with Crippen molar-refractivity contribution in [2.75, 3.05) is 12.3 Å². The van der Waals surface area contributed by atoms with Crippen LogP contribution in [0.5, 0.6) is 0 Å². The number of esters is 1. The molecule has 0 fully saturated rings. The molecule has 1 aromatic rings. The lowest BCUT2D eigenvalue weighted by Gasteiger charge is -2.27. The van der Waals surface area contributed by atoms with Gasteiger partial charge >= 0.3 is 17.6 Å². The number of hydrogen-bond donors (Lipinski definition) is 5. The molecule has 1 unspecified atom stereocenters. The predicted octanol–water partition coefficient (Wildman–Crippen LogP) is -2.03. The van der Waals surface area contributed by atoms with Gasteiger partial charge in [0, 0.05) is 18.2 Å². The number of carbonyl (C=O) groups excluding carboxylic acids is 1. The van der Waals surface area contributed by atoms with Crippen LogP contribution in [0.25, 0.3) is 0 Å². The van der Waals surface area contributed by atoms with Crippen LogP contribution in [0.1, 0.15) is 12.8 Å². The first-order valence-corrected chi connectivity index (χ1v) is 7.62. The third-order valence-corrected chi connectivity index (χ3v) is 4.09. The zero-order valence-electron chi connectivity index (χ0n) is 13.9. The summed E-state index contributed by atoms with van der Waals surface area (Å²) in [6.45, 7) is -0.546. The molecule has 0 aliphatic heterocycles. The lowest BCUT2D eigenvalue weighted by Crippen LogP contribution is -2.47. The molecule has 0 amide bonds. The molecule has 144 valence electrons. The van der Waals surface area contributed by atoms with E-state index in [0.717, 1.165) is 10.8 Å². The second-order valence-electron chi connectivity index (χ2n) is 5.92. The van der Waals surface area contributed by atoms with Crippen LogP contribution in [-0.2, 0) is 19.9 Å². The number of nitriles is 1.